The first-order valence-electron chi connectivity index (χ1n) is 10.3. The summed E-state index contributed by atoms with van der Waals surface area (Å²) in [4.78, 5) is 29.4. The van der Waals surface area contributed by atoms with Crippen molar-refractivity contribution in [1.29, 1.82) is 0 Å². The van der Waals surface area contributed by atoms with Crippen molar-refractivity contribution >= 4 is 57.3 Å². The smallest absolute Gasteiger partial charge is 0.341 e. The molecule has 13 heteroatoms. The summed E-state index contributed by atoms with van der Waals surface area (Å²) in [7, 11) is 0. The third-order valence-corrected chi connectivity index (χ3v) is 5.73. The van der Waals surface area contributed by atoms with Gasteiger partial charge >= 0.3 is 11.9 Å². The van der Waals surface area contributed by atoms with E-state index in [2.05, 4.69) is 53.0 Å². The Labute approximate surface area is 221 Å². The second-order valence-electron chi connectivity index (χ2n) is 7.35. The molecule has 4 rings (SSSR count). The van der Waals surface area contributed by atoms with Crippen molar-refractivity contribution in [3.63, 3.8) is 0 Å². The van der Waals surface area contributed by atoms with Gasteiger partial charge in [-0.05, 0) is 70.1 Å². The molecule has 2 aromatic heterocycles. The number of aromatic nitrogens is 2. The number of carboxylic acids is 2. The summed E-state index contributed by atoms with van der Waals surface area (Å²) in [6.07, 6.45) is 2.43. The highest BCUT2D eigenvalue weighted by molar-refractivity contribution is 14.1. The molecular weight excluding hydrogens is 595 g/mol. The minimum atomic E-state index is -1.32. The number of hydrogen-bond donors (Lipinski definition) is 4. The van der Waals surface area contributed by atoms with Crippen LogP contribution in [-0.2, 0) is 0 Å². The van der Waals surface area contributed by atoms with Crippen LogP contribution >= 0.6 is 22.6 Å². The van der Waals surface area contributed by atoms with Gasteiger partial charge in [-0.1, -0.05) is 18.2 Å². The molecule has 4 N–H and O–H groups in total. The summed E-state index contributed by atoms with van der Waals surface area (Å²) in [5, 5.41) is 53.3. The van der Waals surface area contributed by atoms with Crippen LogP contribution in [0.1, 0.15) is 20.7 Å². The van der Waals surface area contributed by atoms with Crippen LogP contribution in [0.25, 0.3) is 11.1 Å². The van der Waals surface area contributed by atoms with Crippen LogP contribution in [0.5, 0.6) is 11.8 Å². The fourth-order valence-electron chi connectivity index (χ4n) is 3.03. The van der Waals surface area contributed by atoms with E-state index in [-0.39, 0.29) is 22.5 Å². The summed E-state index contributed by atoms with van der Waals surface area (Å²) < 4.78 is 0.793. The zero-order valence-corrected chi connectivity index (χ0v) is 20.7. The van der Waals surface area contributed by atoms with E-state index < -0.39 is 23.7 Å². The van der Waals surface area contributed by atoms with Crippen LogP contribution in [0.3, 0.4) is 0 Å². The molecule has 0 bridgehead atoms. The van der Waals surface area contributed by atoms with Crippen LogP contribution in [0.15, 0.2) is 87.4 Å². The molecule has 0 spiro atoms. The molecule has 2 aromatic carbocycles. The van der Waals surface area contributed by atoms with E-state index in [1.165, 1.54) is 24.5 Å². The van der Waals surface area contributed by atoms with Crippen molar-refractivity contribution in [2.24, 2.45) is 20.5 Å². The van der Waals surface area contributed by atoms with Gasteiger partial charge in [0.2, 0.25) is 11.8 Å². The van der Waals surface area contributed by atoms with E-state index in [1.54, 1.807) is 18.2 Å². The number of aromatic hydroxyl groups is 2. The third-order valence-electron chi connectivity index (χ3n) is 4.87. The van der Waals surface area contributed by atoms with Gasteiger partial charge in [0, 0.05) is 3.57 Å². The minimum Gasteiger partial charge on any atom is -0.493 e. The maximum atomic E-state index is 11.1. The number of carboxylic acid groups (broad SMARTS) is 2. The van der Waals surface area contributed by atoms with Crippen molar-refractivity contribution in [1.82, 2.24) is 9.97 Å². The Hall–Kier alpha value is -4.79. The van der Waals surface area contributed by atoms with Crippen LogP contribution in [0.4, 0.5) is 22.7 Å². The number of benzene rings is 2. The topological polar surface area (TPSA) is 190 Å². The van der Waals surface area contributed by atoms with Gasteiger partial charge in [0.05, 0.1) is 23.8 Å². The van der Waals surface area contributed by atoms with Gasteiger partial charge in [-0.3, -0.25) is 0 Å². The van der Waals surface area contributed by atoms with Gasteiger partial charge in [-0.2, -0.15) is 5.11 Å². The summed E-state index contributed by atoms with van der Waals surface area (Å²) in [6.45, 7) is 0. The lowest BCUT2D eigenvalue weighted by atomic mass is 10.1. The Balaban J connectivity index is 1.49. The van der Waals surface area contributed by atoms with Gasteiger partial charge in [-0.15, -0.1) is 15.3 Å². The third kappa shape index (κ3) is 6.07. The SMILES string of the molecule is O=C(O)c1cc(/N=N/c2ccc(-c3ccc(/N=N/c4cnc(O)c(C(=O)O)c4)c(I)c3)cc2)cnc1O. The van der Waals surface area contributed by atoms with Gasteiger partial charge < -0.3 is 20.4 Å². The molecular formula is C24H15IN6O6. The first-order chi connectivity index (χ1) is 17.7. The maximum Gasteiger partial charge on any atom is 0.341 e. The summed E-state index contributed by atoms with van der Waals surface area (Å²) in [6, 6.07) is 15.0. The second kappa shape index (κ2) is 10.9. The quantitative estimate of drug-likeness (QED) is 0.137. The number of pyridine rings is 2. The largest absolute Gasteiger partial charge is 0.493 e. The van der Waals surface area contributed by atoms with Crippen LogP contribution in [0.2, 0.25) is 0 Å². The molecule has 0 aliphatic rings. The lowest BCUT2D eigenvalue weighted by molar-refractivity contribution is 0.0681. The Morgan fingerprint density at radius 2 is 1.14 bits per heavy atom. The van der Waals surface area contributed by atoms with E-state index in [0.717, 1.165) is 14.7 Å². The lowest BCUT2D eigenvalue weighted by Gasteiger charge is -2.05. The van der Waals surface area contributed by atoms with E-state index in [1.807, 2.05) is 24.3 Å². The predicted octanol–water partition coefficient (Wildman–Crippen LogP) is 6.39. The predicted molar refractivity (Wildman–Crippen MR) is 139 cm³/mol. The van der Waals surface area contributed by atoms with E-state index in [4.69, 9.17) is 10.2 Å². The van der Waals surface area contributed by atoms with Crippen molar-refractivity contribution in [3.8, 4) is 22.9 Å². The van der Waals surface area contributed by atoms with Crippen LogP contribution in [0, 0.1) is 3.57 Å². The second-order valence-corrected chi connectivity index (χ2v) is 8.51. The van der Waals surface area contributed by atoms with E-state index in [9.17, 15) is 19.8 Å². The molecule has 0 aliphatic heterocycles. The number of halogens is 1. The molecule has 0 aliphatic carbocycles. The standard InChI is InChI=1S/C24H15IN6O6/c25-19-7-13(3-6-20(19)31-30-16-9-18(24(36)37)22(33)27-11-16)12-1-4-14(5-2-12)28-29-15-8-17(23(34)35)21(32)26-10-15/h1-11H,(H,26,32)(H,27,33)(H,34,35)(H,36,37)/b29-28+,31-30+. The monoisotopic (exact) mass is 610 g/mol. The van der Waals surface area contributed by atoms with Crippen molar-refractivity contribution in [2.45, 2.75) is 0 Å². The number of aromatic carboxylic acids is 2. The molecule has 0 atom stereocenters. The first-order valence-corrected chi connectivity index (χ1v) is 11.4. The van der Waals surface area contributed by atoms with E-state index >= 15 is 0 Å². The highest BCUT2D eigenvalue weighted by Crippen LogP contribution is 2.31. The lowest BCUT2D eigenvalue weighted by Crippen LogP contribution is -1.97. The molecule has 0 saturated heterocycles. The fraction of sp³-hybridized carbons (Fsp3) is 0. The summed E-state index contributed by atoms with van der Waals surface area (Å²) >= 11 is 2.11. The Morgan fingerprint density at radius 1 is 0.649 bits per heavy atom. The molecule has 0 radical (unpaired) electrons. The first kappa shape index (κ1) is 25.3. The van der Waals surface area contributed by atoms with E-state index in [0.29, 0.717) is 11.4 Å². The summed E-state index contributed by atoms with van der Waals surface area (Å²) in [5.74, 6) is -3.83. The highest BCUT2D eigenvalue weighted by Gasteiger charge is 2.13. The number of azo groups is 2. The molecule has 0 unspecified atom stereocenters. The molecule has 4 aromatic rings. The van der Waals surface area contributed by atoms with Crippen molar-refractivity contribution < 1.29 is 30.0 Å². The van der Waals surface area contributed by atoms with Gasteiger partial charge in [-0.25, -0.2) is 19.6 Å². The fourth-order valence-corrected chi connectivity index (χ4v) is 3.66. The number of nitrogens with zero attached hydrogens (tertiary/aromatic N) is 6. The zero-order chi connectivity index (χ0) is 26.5. The summed E-state index contributed by atoms with van der Waals surface area (Å²) in [5.41, 5.74) is 2.51. The highest BCUT2D eigenvalue weighted by atomic mass is 127. The number of hydrogen-bond acceptors (Lipinski definition) is 10. The molecule has 0 amide bonds. The normalized spacial score (nSPS) is 11.3. The van der Waals surface area contributed by atoms with Gasteiger partial charge in [0.1, 0.15) is 22.5 Å². The maximum absolute atomic E-state index is 11.1. The van der Waals surface area contributed by atoms with Crippen LogP contribution in [-0.4, -0.2) is 42.3 Å². The van der Waals surface area contributed by atoms with Crippen LogP contribution < -0.4 is 0 Å². The minimum absolute atomic E-state index is 0.181. The Morgan fingerprint density at radius 3 is 1.65 bits per heavy atom. The number of carbonyl (C=O) groups is 2. The molecule has 0 saturated carbocycles. The molecule has 0 fully saturated rings. The average molecular weight is 610 g/mol. The number of rotatable bonds is 7. The average Bonchev–Trinajstić information content (AvgIpc) is 2.88. The molecule has 2 heterocycles. The van der Waals surface area contributed by atoms with Gasteiger partial charge in [0.15, 0.2) is 0 Å². The Bertz CT molecular complexity index is 1570. The Kier molecular flexibility index (Phi) is 7.43. The molecule has 184 valence electrons. The van der Waals surface area contributed by atoms with Gasteiger partial charge in [0.25, 0.3) is 0 Å². The molecule has 37 heavy (non-hydrogen) atoms. The van der Waals surface area contributed by atoms with Crippen molar-refractivity contribution in [3.05, 3.63) is 81.7 Å². The molecule has 12 nitrogen and oxygen atoms in total. The van der Waals surface area contributed by atoms with Crippen molar-refractivity contribution in [2.75, 3.05) is 0 Å². The zero-order valence-electron chi connectivity index (χ0n) is 18.5.